The predicted octanol–water partition coefficient (Wildman–Crippen LogP) is 40.0. The number of thiophene rings is 3. The smallest absolute Gasteiger partial charge is 0.160 e. The van der Waals surface area contributed by atoms with E-state index in [-0.39, 0.29) is 5.92 Å². The first-order chi connectivity index (χ1) is 71.9. The number of furan rings is 1. The molecule has 0 saturated carbocycles. The number of benzene rings is 23. The van der Waals surface area contributed by atoms with Gasteiger partial charge in [0, 0.05) is 169 Å². The molecule has 0 fully saturated rings. The van der Waals surface area contributed by atoms with E-state index in [1.807, 2.05) is 34.0 Å². The summed E-state index contributed by atoms with van der Waals surface area (Å²) in [6.07, 6.45) is 0. The summed E-state index contributed by atoms with van der Waals surface area (Å²) in [6, 6.07) is 196. The Kier molecular flexibility index (Phi) is 21.8. The van der Waals surface area contributed by atoms with E-state index in [2.05, 4.69) is 569 Å². The molecule has 0 N–H and O–H groups in total. The van der Waals surface area contributed by atoms with E-state index in [4.69, 9.17) is 4.42 Å². The van der Waals surface area contributed by atoms with Crippen LogP contribution in [0.5, 0.6) is 0 Å². The summed E-state index contributed by atoms with van der Waals surface area (Å²) in [7, 11) is 0. The molecule has 5 aromatic heterocycles. The summed E-state index contributed by atoms with van der Waals surface area (Å²) in [4.78, 5) is 11.9. The van der Waals surface area contributed by atoms with Gasteiger partial charge in [-0.15, -0.1) is 34.0 Å². The summed E-state index contributed by atoms with van der Waals surface area (Å²) < 4.78 is 17.3. The van der Waals surface area contributed by atoms with Crippen LogP contribution in [0.15, 0.2) is 544 Å². The molecule has 0 bridgehead atoms. The standard InChI is InChI=1S/C68H46N4S.C67H44N2OS2/c1-6-23-50(24-7-1)69(55-35-34-47-20-16-17-21-48(47)42-55)56-36-39-60-61-40-37-57(45-64(61)72(63(60)44-56)54-31-14-5-15-32-54)70(51-25-8-2-9-26-51)58-38-41-62-66(46-58)73-68-65(43-49-22-18-19-33-59(49)67(62)68)71(52-27-10-3-11-28-52)53-29-12-4-13-30-53;1-6-18-44(19-7-1)53-37-38-59(69(49-26-14-5-15-27-49)52-32-34-55-54-28-16-17-29-61(54)71-63(55)43-52)67-66(53)57-36-33-50(41-60(57)70-67)68(48-24-12-4-13-25-48)51-31-35-56-58-40-47(30-39-62(58)72-64(56)42-51)65(45-20-8-2-9-21-45)46-22-10-3-11-23-46/h1-46H;1-43,65H. The van der Waals surface area contributed by atoms with Crippen molar-refractivity contribution in [3.63, 3.8) is 0 Å². The lowest BCUT2D eigenvalue weighted by Crippen LogP contribution is -2.10. The SMILES string of the molecule is c1ccc(-c2ccc(N(c3ccccc3)c3ccc4c(c3)sc3ccccc34)c3oc4cc(N(c5ccccc5)c5ccc6c(c5)sc5ccc(C(c7ccccc7)c7ccccc7)cc56)ccc4c23)cc1.c1ccc(N(c2ccc3ccccc3c2)c2ccc3c4ccc(N(c5ccccc5)c5ccc6c(c5)sc5c(N(c7ccccc7)c7ccccc7)cc7ccccc7c56)cc4n(-c4ccccc4)c3c2)cc1. The Morgan fingerprint density at radius 2 is 0.579 bits per heavy atom. The molecular weight excluding hydrogens is 1820 g/mol. The molecule has 5 heterocycles. The molecule has 0 atom stereocenters. The topological polar surface area (TPSA) is 34.3 Å². The molecule has 0 amide bonds. The van der Waals surface area contributed by atoms with Crippen molar-refractivity contribution < 1.29 is 4.42 Å². The minimum Gasteiger partial charge on any atom is -0.454 e. The van der Waals surface area contributed by atoms with Gasteiger partial charge in [0.1, 0.15) is 5.58 Å². The zero-order chi connectivity index (χ0) is 95.8. The quantitative estimate of drug-likeness (QED) is 0.0708. The summed E-state index contributed by atoms with van der Waals surface area (Å²) in [5, 5.41) is 17.1. The maximum atomic E-state index is 7.31. The molecule has 0 saturated heterocycles. The number of aromatic nitrogens is 1. The van der Waals surface area contributed by atoms with Crippen molar-refractivity contribution in [1.29, 1.82) is 0 Å². The van der Waals surface area contributed by atoms with Crippen LogP contribution in [-0.4, -0.2) is 4.57 Å². The third-order valence-corrected chi connectivity index (χ3v) is 31.8. The third kappa shape index (κ3) is 15.6. The fraction of sp³-hybridized carbons (Fsp3) is 0.00741. The molecule has 28 rings (SSSR count). The van der Waals surface area contributed by atoms with Crippen molar-refractivity contribution in [3.8, 4) is 16.8 Å². The highest BCUT2D eigenvalue weighted by atomic mass is 32.1. The molecule has 23 aromatic carbocycles. The molecule has 0 unspecified atom stereocenters. The second-order valence-electron chi connectivity index (χ2n) is 37.0. The van der Waals surface area contributed by atoms with Gasteiger partial charge in [-0.3, -0.25) is 0 Å². The second-order valence-corrected chi connectivity index (χ2v) is 40.2. The molecule has 145 heavy (non-hydrogen) atoms. The van der Waals surface area contributed by atoms with E-state index in [1.54, 1.807) is 0 Å². The average molecular weight is 1910 g/mol. The molecule has 0 aliphatic heterocycles. The van der Waals surface area contributed by atoms with Crippen LogP contribution >= 0.6 is 34.0 Å². The highest BCUT2D eigenvalue weighted by Gasteiger charge is 2.30. The van der Waals surface area contributed by atoms with Gasteiger partial charge in [0.25, 0.3) is 0 Å². The third-order valence-electron chi connectivity index (χ3n) is 28.4. The number of rotatable bonds is 20. The van der Waals surface area contributed by atoms with Crippen LogP contribution in [0.1, 0.15) is 22.6 Å². The molecule has 0 radical (unpaired) electrons. The Morgan fingerprint density at radius 3 is 1.12 bits per heavy atom. The first kappa shape index (κ1) is 86.0. The van der Waals surface area contributed by atoms with Crippen molar-refractivity contribution in [1.82, 2.24) is 4.57 Å². The lowest BCUT2D eigenvalue weighted by molar-refractivity contribution is 0.669. The van der Waals surface area contributed by atoms with E-state index >= 15 is 0 Å². The van der Waals surface area contributed by atoms with Crippen LogP contribution < -0.4 is 24.5 Å². The largest absolute Gasteiger partial charge is 0.454 e. The van der Waals surface area contributed by atoms with Crippen LogP contribution in [0.4, 0.5) is 85.3 Å². The number of fused-ring (bicyclic) bond motifs is 18. The Bertz CT molecular complexity index is 9650. The normalized spacial score (nSPS) is 11.6. The van der Waals surface area contributed by atoms with Crippen molar-refractivity contribution in [3.05, 3.63) is 557 Å². The summed E-state index contributed by atoms with van der Waals surface area (Å²) in [5.41, 5.74) is 27.4. The lowest BCUT2D eigenvalue weighted by Gasteiger charge is -2.26. The molecule has 684 valence electrons. The Balaban J connectivity index is 0.000000144. The van der Waals surface area contributed by atoms with Crippen LogP contribution in [0.3, 0.4) is 0 Å². The maximum Gasteiger partial charge on any atom is 0.160 e. The predicted molar refractivity (Wildman–Crippen MR) is 621 cm³/mol. The minimum absolute atomic E-state index is 0.130. The van der Waals surface area contributed by atoms with Crippen LogP contribution in [-0.2, 0) is 0 Å². The van der Waals surface area contributed by atoms with E-state index in [0.717, 1.165) is 129 Å². The van der Waals surface area contributed by atoms with Gasteiger partial charge < -0.3 is 33.5 Å². The Hall–Kier alpha value is -18.2. The summed E-state index contributed by atoms with van der Waals surface area (Å²) in [5.74, 6) is 0.130. The maximum absolute atomic E-state index is 7.31. The monoisotopic (exact) mass is 1910 g/mol. The molecule has 0 spiro atoms. The number of hydrogen-bond donors (Lipinski definition) is 0. The van der Waals surface area contributed by atoms with Gasteiger partial charge >= 0.3 is 0 Å². The summed E-state index contributed by atoms with van der Waals surface area (Å²) >= 11 is 5.56. The van der Waals surface area contributed by atoms with Crippen molar-refractivity contribution in [2.24, 2.45) is 0 Å². The molecule has 7 nitrogen and oxygen atoms in total. The Morgan fingerprint density at radius 1 is 0.200 bits per heavy atom. The van der Waals surface area contributed by atoms with Gasteiger partial charge in [-0.1, -0.05) is 334 Å². The van der Waals surface area contributed by atoms with E-state index in [9.17, 15) is 0 Å². The zero-order valence-corrected chi connectivity index (χ0v) is 81.2. The van der Waals surface area contributed by atoms with Gasteiger partial charge in [-0.25, -0.2) is 0 Å². The van der Waals surface area contributed by atoms with E-state index in [1.165, 1.54) is 115 Å². The highest BCUT2D eigenvalue weighted by Crippen LogP contribution is 2.55. The fourth-order valence-corrected chi connectivity index (χ4v) is 25.4. The van der Waals surface area contributed by atoms with Crippen LogP contribution in [0.25, 0.3) is 143 Å². The molecule has 28 aromatic rings. The fourth-order valence-electron chi connectivity index (χ4n) is 21.9. The molecule has 0 aliphatic carbocycles. The van der Waals surface area contributed by atoms with Crippen molar-refractivity contribution in [2.75, 3.05) is 24.5 Å². The van der Waals surface area contributed by atoms with Crippen LogP contribution in [0, 0.1) is 0 Å². The van der Waals surface area contributed by atoms with Gasteiger partial charge in [0.05, 0.1) is 27.1 Å². The van der Waals surface area contributed by atoms with Gasteiger partial charge in [0.2, 0.25) is 0 Å². The molecule has 10 heteroatoms. The first-order valence-corrected chi connectivity index (χ1v) is 51.7. The van der Waals surface area contributed by atoms with E-state index in [0.29, 0.717) is 0 Å². The van der Waals surface area contributed by atoms with Gasteiger partial charge in [-0.2, -0.15) is 0 Å². The number of para-hydroxylation sites is 7. The van der Waals surface area contributed by atoms with Crippen molar-refractivity contribution >= 4 is 245 Å². The Labute approximate surface area is 851 Å². The van der Waals surface area contributed by atoms with Gasteiger partial charge in [-0.05, 0) is 250 Å². The van der Waals surface area contributed by atoms with Crippen molar-refractivity contribution in [2.45, 2.75) is 5.92 Å². The molecular formula is C135H90N6OS3. The van der Waals surface area contributed by atoms with Gasteiger partial charge in [0.15, 0.2) is 5.58 Å². The first-order valence-electron chi connectivity index (χ1n) is 49.3. The zero-order valence-electron chi connectivity index (χ0n) is 78.8. The second kappa shape index (κ2) is 36.8. The number of nitrogens with zero attached hydrogens (tertiary/aromatic N) is 6. The summed E-state index contributed by atoms with van der Waals surface area (Å²) in [6.45, 7) is 0. The lowest BCUT2D eigenvalue weighted by atomic mass is 9.85. The number of hydrogen-bond acceptors (Lipinski definition) is 9. The average Bonchev–Trinajstić information content (AvgIpc) is 1.53. The minimum atomic E-state index is 0.130. The highest BCUT2D eigenvalue weighted by molar-refractivity contribution is 7.27. The van der Waals surface area contributed by atoms with Crippen LogP contribution in [0.2, 0.25) is 0 Å². The van der Waals surface area contributed by atoms with E-state index < -0.39 is 0 Å². The molecule has 0 aliphatic rings. The number of anilines is 15.